The molecule has 0 unspecified atom stereocenters. The molecule has 2 rings (SSSR count). The quantitative estimate of drug-likeness (QED) is 0.826. The SMILES string of the molecule is Cc1ccc(Nc2nccnc2C#N)cc1. The summed E-state index contributed by atoms with van der Waals surface area (Å²) in [6.45, 7) is 2.02. The van der Waals surface area contributed by atoms with E-state index in [4.69, 9.17) is 5.26 Å². The van der Waals surface area contributed by atoms with Crippen molar-refractivity contribution in [1.29, 1.82) is 5.26 Å². The maximum atomic E-state index is 8.85. The first-order valence-corrected chi connectivity index (χ1v) is 4.84. The fourth-order valence-electron chi connectivity index (χ4n) is 1.28. The molecular weight excluding hydrogens is 200 g/mol. The van der Waals surface area contributed by atoms with Crippen LogP contribution in [0.5, 0.6) is 0 Å². The van der Waals surface area contributed by atoms with E-state index in [9.17, 15) is 0 Å². The van der Waals surface area contributed by atoms with Gasteiger partial charge in [0.25, 0.3) is 0 Å². The van der Waals surface area contributed by atoms with Gasteiger partial charge in [0.1, 0.15) is 6.07 Å². The van der Waals surface area contributed by atoms with Crippen molar-refractivity contribution < 1.29 is 0 Å². The molecular formula is C12H10N4. The topological polar surface area (TPSA) is 61.6 Å². The molecule has 0 aliphatic rings. The van der Waals surface area contributed by atoms with Gasteiger partial charge < -0.3 is 5.32 Å². The van der Waals surface area contributed by atoms with Crippen LogP contribution in [0.4, 0.5) is 11.5 Å². The van der Waals surface area contributed by atoms with E-state index >= 15 is 0 Å². The lowest BCUT2D eigenvalue weighted by molar-refractivity contribution is 1.16. The lowest BCUT2D eigenvalue weighted by atomic mass is 10.2. The largest absolute Gasteiger partial charge is 0.338 e. The molecule has 4 heteroatoms. The molecule has 1 aromatic heterocycles. The molecule has 0 aliphatic carbocycles. The molecule has 0 radical (unpaired) electrons. The Bertz CT molecular complexity index is 525. The smallest absolute Gasteiger partial charge is 0.183 e. The van der Waals surface area contributed by atoms with Crippen molar-refractivity contribution in [2.75, 3.05) is 5.32 Å². The molecule has 0 amide bonds. The van der Waals surface area contributed by atoms with Crippen LogP contribution >= 0.6 is 0 Å². The highest BCUT2D eigenvalue weighted by molar-refractivity contribution is 5.60. The van der Waals surface area contributed by atoms with Gasteiger partial charge in [-0.2, -0.15) is 5.26 Å². The number of anilines is 2. The summed E-state index contributed by atoms with van der Waals surface area (Å²) in [5, 5.41) is 11.9. The van der Waals surface area contributed by atoms with Gasteiger partial charge in [0.05, 0.1) is 0 Å². The minimum absolute atomic E-state index is 0.295. The van der Waals surface area contributed by atoms with Crippen molar-refractivity contribution in [2.24, 2.45) is 0 Å². The third kappa shape index (κ3) is 2.15. The molecule has 0 atom stereocenters. The molecule has 0 spiro atoms. The van der Waals surface area contributed by atoms with E-state index in [-0.39, 0.29) is 0 Å². The van der Waals surface area contributed by atoms with Crippen LogP contribution in [0.15, 0.2) is 36.7 Å². The zero-order valence-electron chi connectivity index (χ0n) is 8.81. The Balaban J connectivity index is 2.27. The highest BCUT2D eigenvalue weighted by Gasteiger charge is 2.03. The number of aromatic nitrogens is 2. The lowest BCUT2D eigenvalue weighted by Crippen LogP contribution is -1.98. The van der Waals surface area contributed by atoms with Gasteiger partial charge in [0.15, 0.2) is 11.5 Å². The van der Waals surface area contributed by atoms with Crippen LogP contribution in [0.2, 0.25) is 0 Å². The molecule has 0 saturated heterocycles. The van der Waals surface area contributed by atoms with Crippen LogP contribution in [0, 0.1) is 18.3 Å². The Morgan fingerprint density at radius 3 is 2.50 bits per heavy atom. The van der Waals surface area contributed by atoms with Gasteiger partial charge in [0.2, 0.25) is 0 Å². The zero-order valence-corrected chi connectivity index (χ0v) is 8.81. The van der Waals surface area contributed by atoms with Crippen molar-refractivity contribution in [3.05, 3.63) is 47.9 Å². The summed E-state index contributed by atoms with van der Waals surface area (Å²) in [4.78, 5) is 8.00. The van der Waals surface area contributed by atoms with Crippen molar-refractivity contribution in [1.82, 2.24) is 9.97 Å². The van der Waals surface area contributed by atoms with Crippen molar-refractivity contribution in [3.8, 4) is 6.07 Å². The average molecular weight is 210 g/mol. The predicted molar refractivity (Wildman–Crippen MR) is 61.2 cm³/mol. The number of hydrogen-bond acceptors (Lipinski definition) is 4. The van der Waals surface area contributed by atoms with Crippen LogP contribution in [-0.4, -0.2) is 9.97 Å². The minimum atomic E-state index is 0.295. The molecule has 0 fully saturated rings. The number of nitrogens with zero attached hydrogens (tertiary/aromatic N) is 3. The molecule has 16 heavy (non-hydrogen) atoms. The number of nitrogens with one attached hydrogen (secondary N) is 1. The summed E-state index contributed by atoms with van der Waals surface area (Å²) in [6.07, 6.45) is 3.05. The fraction of sp³-hybridized carbons (Fsp3) is 0.0833. The van der Waals surface area contributed by atoms with E-state index in [0.29, 0.717) is 11.5 Å². The third-order valence-electron chi connectivity index (χ3n) is 2.12. The van der Waals surface area contributed by atoms with Crippen molar-refractivity contribution >= 4 is 11.5 Å². The average Bonchev–Trinajstić information content (AvgIpc) is 2.33. The van der Waals surface area contributed by atoms with E-state index in [0.717, 1.165) is 5.69 Å². The van der Waals surface area contributed by atoms with Crippen molar-refractivity contribution in [2.45, 2.75) is 6.92 Å². The minimum Gasteiger partial charge on any atom is -0.338 e. The second-order valence-electron chi connectivity index (χ2n) is 3.36. The molecule has 4 nitrogen and oxygen atoms in total. The van der Waals surface area contributed by atoms with Crippen LogP contribution in [0.25, 0.3) is 0 Å². The normalized spacial score (nSPS) is 9.50. The van der Waals surface area contributed by atoms with E-state index in [1.807, 2.05) is 37.3 Å². The number of aryl methyl sites for hydroxylation is 1. The Hall–Kier alpha value is -2.41. The number of nitriles is 1. The highest BCUT2D eigenvalue weighted by Crippen LogP contribution is 2.16. The molecule has 1 heterocycles. The first-order chi connectivity index (χ1) is 7.79. The summed E-state index contributed by atoms with van der Waals surface area (Å²) in [5.41, 5.74) is 2.37. The van der Waals surface area contributed by atoms with Crippen LogP contribution < -0.4 is 5.32 Å². The molecule has 1 N–H and O–H groups in total. The van der Waals surface area contributed by atoms with Gasteiger partial charge in [-0.15, -0.1) is 0 Å². The standard InChI is InChI=1S/C12H10N4/c1-9-2-4-10(5-3-9)16-12-11(8-13)14-6-7-15-12/h2-7H,1H3,(H,15,16). The fourth-order valence-corrected chi connectivity index (χ4v) is 1.28. The Morgan fingerprint density at radius 1 is 1.12 bits per heavy atom. The first kappa shape index (κ1) is 10.1. The number of hydrogen-bond donors (Lipinski definition) is 1. The highest BCUT2D eigenvalue weighted by atomic mass is 15.0. The third-order valence-corrected chi connectivity index (χ3v) is 2.12. The monoisotopic (exact) mass is 210 g/mol. The van der Waals surface area contributed by atoms with E-state index in [2.05, 4.69) is 15.3 Å². The molecule has 0 bridgehead atoms. The van der Waals surface area contributed by atoms with Gasteiger partial charge >= 0.3 is 0 Å². The summed E-state index contributed by atoms with van der Waals surface area (Å²) in [5.74, 6) is 0.480. The van der Waals surface area contributed by atoms with Gasteiger partial charge in [-0.3, -0.25) is 0 Å². The van der Waals surface area contributed by atoms with Gasteiger partial charge in [-0.25, -0.2) is 9.97 Å². The zero-order chi connectivity index (χ0) is 11.4. The van der Waals surface area contributed by atoms with E-state index < -0.39 is 0 Å². The Morgan fingerprint density at radius 2 is 1.81 bits per heavy atom. The second kappa shape index (κ2) is 4.41. The van der Waals surface area contributed by atoms with Gasteiger partial charge in [0, 0.05) is 18.1 Å². The summed E-state index contributed by atoms with van der Waals surface area (Å²) in [6, 6.07) is 9.84. The lowest BCUT2D eigenvalue weighted by Gasteiger charge is -2.05. The Kier molecular flexibility index (Phi) is 2.79. The van der Waals surface area contributed by atoms with E-state index in [1.54, 1.807) is 6.20 Å². The molecule has 78 valence electrons. The predicted octanol–water partition coefficient (Wildman–Crippen LogP) is 2.40. The van der Waals surface area contributed by atoms with Crippen LogP contribution in [0.1, 0.15) is 11.3 Å². The summed E-state index contributed by atoms with van der Waals surface area (Å²) < 4.78 is 0. The van der Waals surface area contributed by atoms with Gasteiger partial charge in [-0.05, 0) is 19.1 Å². The molecule has 1 aromatic carbocycles. The van der Waals surface area contributed by atoms with E-state index in [1.165, 1.54) is 11.8 Å². The molecule has 0 aliphatic heterocycles. The molecule has 2 aromatic rings. The maximum Gasteiger partial charge on any atom is 0.183 e. The van der Waals surface area contributed by atoms with Crippen LogP contribution in [0.3, 0.4) is 0 Å². The first-order valence-electron chi connectivity index (χ1n) is 4.84. The molecule has 0 saturated carbocycles. The van der Waals surface area contributed by atoms with Crippen LogP contribution in [-0.2, 0) is 0 Å². The second-order valence-corrected chi connectivity index (χ2v) is 3.36. The summed E-state index contributed by atoms with van der Waals surface area (Å²) >= 11 is 0. The van der Waals surface area contributed by atoms with Gasteiger partial charge in [-0.1, -0.05) is 17.7 Å². The number of benzene rings is 1. The number of rotatable bonds is 2. The Labute approximate surface area is 93.6 Å². The van der Waals surface area contributed by atoms with Crippen molar-refractivity contribution in [3.63, 3.8) is 0 Å². The summed E-state index contributed by atoms with van der Waals surface area (Å²) in [7, 11) is 0. The maximum absolute atomic E-state index is 8.85.